The maximum Gasteiger partial charge on any atom is 0.220 e. The zero-order valence-corrected chi connectivity index (χ0v) is 10.5. The first-order valence-electron chi connectivity index (χ1n) is 6.12. The Bertz CT molecular complexity index is 233. The molecule has 0 aromatic carbocycles. The lowest BCUT2D eigenvalue weighted by atomic mass is 9.85. The smallest absolute Gasteiger partial charge is 0.220 e. The highest BCUT2D eigenvalue weighted by molar-refractivity contribution is 5.76. The standard InChI is InChI=1S/C12H24N2O2/c1-8(9(2)16-3)14-11-6-4-5-10(7-11)12(13)15/h8-11,14H,4-7H2,1-3H3,(H2,13,15). The Kier molecular flexibility index (Phi) is 5.22. The molecule has 4 nitrogen and oxygen atoms in total. The van der Waals surface area contributed by atoms with Crippen LogP contribution >= 0.6 is 0 Å². The Balaban J connectivity index is 2.39. The summed E-state index contributed by atoms with van der Waals surface area (Å²) in [6.07, 6.45) is 4.22. The van der Waals surface area contributed by atoms with Crippen molar-refractivity contribution in [3.63, 3.8) is 0 Å². The molecular formula is C12H24N2O2. The van der Waals surface area contributed by atoms with Crippen LogP contribution in [0.15, 0.2) is 0 Å². The number of ether oxygens (including phenoxy) is 1. The fourth-order valence-corrected chi connectivity index (χ4v) is 2.31. The van der Waals surface area contributed by atoms with Crippen LogP contribution in [0, 0.1) is 5.92 Å². The summed E-state index contributed by atoms with van der Waals surface area (Å²) < 4.78 is 5.27. The number of carbonyl (C=O) groups is 1. The molecule has 0 bridgehead atoms. The summed E-state index contributed by atoms with van der Waals surface area (Å²) in [6.45, 7) is 4.16. The van der Waals surface area contributed by atoms with Crippen LogP contribution in [0.4, 0.5) is 0 Å². The molecule has 1 rings (SSSR count). The first kappa shape index (κ1) is 13.5. The zero-order valence-electron chi connectivity index (χ0n) is 10.5. The Hall–Kier alpha value is -0.610. The van der Waals surface area contributed by atoms with E-state index in [4.69, 9.17) is 10.5 Å². The zero-order chi connectivity index (χ0) is 12.1. The number of carbonyl (C=O) groups excluding carboxylic acids is 1. The minimum Gasteiger partial charge on any atom is -0.380 e. The van der Waals surface area contributed by atoms with E-state index in [2.05, 4.69) is 12.2 Å². The van der Waals surface area contributed by atoms with E-state index < -0.39 is 0 Å². The molecule has 3 N–H and O–H groups in total. The van der Waals surface area contributed by atoms with Crippen LogP contribution in [0.3, 0.4) is 0 Å². The Morgan fingerprint density at radius 3 is 2.69 bits per heavy atom. The van der Waals surface area contributed by atoms with E-state index in [1.165, 1.54) is 0 Å². The summed E-state index contributed by atoms with van der Waals surface area (Å²) in [4.78, 5) is 11.1. The van der Waals surface area contributed by atoms with Crippen LogP contribution in [0.5, 0.6) is 0 Å². The molecule has 4 heteroatoms. The van der Waals surface area contributed by atoms with Gasteiger partial charge in [-0.1, -0.05) is 6.42 Å². The fraction of sp³-hybridized carbons (Fsp3) is 0.917. The molecule has 1 saturated carbocycles. The van der Waals surface area contributed by atoms with Crippen molar-refractivity contribution in [3.05, 3.63) is 0 Å². The number of rotatable bonds is 5. The summed E-state index contributed by atoms with van der Waals surface area (Å²) in [5.41, 5.74) is 5.35. The number of hydrogen-bond acceptors (Lipinski definition) is 3. The molecule has 94 valence electrons. The van der Waals surface area contributed by atoms with Gasteiger partial charge in [-0.05, 0) is 33.1 Å². The minimum absolute atomic E-state index is 0.0521. The predicted molar refractivity (Wildman–Crippen MR) is 64.0 cm³/mol. The van der Waals surface area contributed by atoms with Crippen molar-refractivity contribution in [1.29, 1.82) is 0 Å². The molecule has 4 unspecified atom stereocenters. The van der Waals surface area contributed by atoms with E-state index in [-0.39, 0.29) is 17.9 Å². The quantitative estimate of drug-likeness (QED) is 0.739. The van der Waals surface area contributed by atoms with E-state index in [1.807, 2.05) is 6.92 Å². The van der Waals surface area contributed by atoms with Gasteiger partial charge in [0, 0.05) is 25.1 Å². The van der Waals surface area contributed by atoms with Crippen molar-refractivity contribution in [2.24, 2.45) is 11.7 Å². The van der Waals surface area contributed by atoms with Gasteiger partial charge in [0.2, 0.25) is 5.91 Å². The number of nitrogens with one attached hydrogen (secondary N) is 1. The van der Waals surface area contributed by atoms with Crippen LogP contribution < -0.4 is 11.1 Å². The molecule has 0 heterocycles. The Labute approximate surface area is 97.9 Å². The predicted octanol–water partition coefficient (Wildman–Crippen LogP) is 1.04. The van der Waals surface area contributed by atoms with E-state index in [9.17, 15) is 4.79 Å². The van der Waals surface area contributed by atoms with Gasteiger partial charge in [0.15, 0.2) is 0 Å². The lowest BCUT2D eigenvalue weighted by Gasteiger charge is -2.32. The second-order valence-corrected chi connectivity index (χ2v) is 4.86. The van der Waals surface area contributed by atoms with Crippen molar-refractivity contribution < 1.29 is 9.53 Å². The molecule has 1 aliphatic carbocycles. The van der Waals surface area contributed by atoms with Gasteiger partial charge >= 0.3 is 0 Å². The second-order valence-electron chi connectivity index (χ2n) is 4.86. The molecule has 0 spiro atoms. The Morgan fingerprint density at radius 1 is 1.44 bits per heavy atom. The fourth-order valence-electron chi connectivity index (χ4n) is 2.31. The van der Waals surface area contributed by atoms with E-state index in [0.29, 0.717) is 12.1 Å². The van der Waals surface area contributed by atoms with E-state index in [0.717, 1.165) is 25.7 Å². The highest BCUT2D eigenvalue weighted by Crippen LogP contribution is 2.24. The summed E-state index contributed by atoms with van der Waals surface area (Å²) in [5.74, 6) is -0.102. The van der Waals surface area contributed by atoms with Crippen molar-refractivity contribution in [2.75, 3.05) is 7.11 Å². The van der Waals surface area contributed by atoms with Crippen molar-refractivity contribution in [3.8, 4) is 0 Å². The summed E-state index contributed by atoms with van der Waals surface area (Å²) >= 11 is 0. The van der Waals surface area contributed by atoms with Gasteiger partial charge in [-0.2, -0.15) is 0 Å². The number of methoxy groups -OCH3 is 1. The molecule has 1 fully saturated rings. The van der Waals surface area contributed by atoms with Crippen LogP contribution in [-0.2, 0) is 9.53 Å². The third-order valence-corrected chi connectivity index (χ3v) is 3.65. The van der Waals surface area contributed by atoms with Gasteiger partial charge in [0.05, 0.1) is 6.10 Å². The molecule has 0 radical (unpaired) electrons. The second kappa shape index (κ2) is 6.21. The lowest BCUT2D eigenvalue weighted by molar-refractivity contribution is -0.123. The van der Waals surface area contributed by atoms with Crippen LogP contribution in [0.25, 0.3) is 0 Å². The molecule has 0 aromatic heterocycles. The van der Waals surface area contributed by atoms with Gasteiger partial charge in [0.1, 0.15) is 0 Å². The Morgan fingerprint density at radius 2 is 2.12 bits per heavy atom. The highest BCUT2D eigenvalue weighted by atomic mass is 16.5. The normalized spacial score (nSPS) is 29.7. The largest absolute Gasteiger partial charge is 0.380 e. The molecule has 1 aliphatic rings. The summed E-state index contributed by atoms with van der Waals surface area (Å²) in [5, 5.41) is 3.52. The van der Waals surface area contributed by atoms with Crippen molar-refractivity contribution in [1.82, 2.24) is 5.32 Å². The lowest BCUT2D eigenvalue weighted by Crippen LogP contribution is -2.46. The van der Waals surface area contributed by atoms with Gasteiger partial charge < -0.3 is 15.8 Å². The number of primary amides is 1. The first-order valence-corrected chi connectivity index (χ1v) is 6.12. The molecule has 1 amide bonds. The SMILES string of the molecule is COC(C)C(C)NC1CCCC(C(N)=O)C1. The van der Waals surface area contributed by atoms with Gasteiger partial charge in [-0.15, -0.1) is 0 Å². The van der Waals surface area contributed by atoms with Gasteiger partial charge in [-0.3, -0.25) is 4.79 Å². The topological polar surface area (TPSA) is 64.3 Å². The maximum absolute atomic E-state index is 11.1. The number of nitrogens with two attached hydrogens (primary N) is 1. The van der Waals surface area contributed by atoms with Crippen molar-refractivity contribution in [2.45, 2.75) is 57.7 Å². The summed E-state index contributed by atoms with van der Waals surface area (Å²) in [7, 11) is 1.72. The third-order valence-electron chi connectivity index (χ3n) is 3.65. The first-order chi connectivity index (χ1) is 7.54. The van der Waals surface area contributed by atoms with E-state index >= 15 is 0 Å². The number of hydrogen-bond donors (Lipinski definition) is 2. The molecule has 0 aliphatic heterocycles. The number of amides is 1. The molecular weight excluding hydrogens is 204 g/mol. The monoisotopic (exact) mass is 228 g/mol. The molecule has 0 aromatic rings. The maximum atomic E-state index is 11.1. The van der Waals surface area contributed by atoms with Gasteiger partial charge in [0.25, 0.3) is 0 Å². The average molecular weight is 228 g/mol. The van der Waals surface area contributed by atoms with E-state index in [1.54, 1.807) is 7.11 Å². The minimum atomic E-state index is -0.154. The summed E-state index contributed by atoms with van der Waals surface area (Å²) in [6, 6.07) is 0.709. The van der Waals surface area contributed by atoms with Crippen LogP contribution in [0.2, 0.25) is 0 Å². The van der Waals surface area contributed by atoms with Crippen LogP contribution in [-0.4, -0.2) is 31.2 Å². The molecule has 0 saturated heterocycles. The third kappa shape index (κ3) is 3.76. The van der Waals surface area contributed by atoms with Crippen LogP contribution in [0.1, 0.15) is 39.5 Å². The van der Waals surface area contributed by atoms with Gasteiger partial charge in [-0.25, -0.2) is 0 Å². The van der Waals surface area contributed by atoms with Crippen molar-refractivity contribution >= 4 is 5.91 Å². The molecule has 16 heavy (non-hydrogen) atoms. The molecule has 4 atom stereocenters. The highest BCUT2D eigenvalue weighted by Gasteiger charge is 2.27. The average Bonchev–Trinajstić information content (AvgIpc) is 2.28.